The van der Waals surface area contributed by atoms with Crippen LogP contribution in [0.15, 0.2) is 55.0 Å². The fourth-order valence-electron chi connectivity index (χ4n) is 2.15. The van der Waals surface area contributed by atoms with E-state index in [4.69, 9.17) is 0 Å². The van der Waals surface area contributed by atoms with Crippen molar-refractivity contribution in [3.05, 3.63) is 66.4 Å². The highest BCUT2D eigenvalue weighted by Crippen LogP contribution is 2.21. The molecular weight excluding hydrogens is 253 g/mol. The lowest BCUT2D eigenvalue weighted by Crippen LogP contribution is -2.07. The number of aromatic nitrogens is 2. The van der Waals surface area contributed by atoms with Gasteiger partial charge in [-0.25, -0.2) is 4.39 Å². The van der Waals surface area contributed by atoms with Crippen LogP contribution in [0.25, 0.3) is 10.9 Å². The number of anilines is 1. The number of hydrogen-bond acceptors (Lipinski definition) is 3. The molecule has 0 saturated carbocycles. The Kier molecular flexibility index (Phi) is 3.29. The molecule has 0 radical (unpaired) electrons. The van der Waals surface area contributed by atoms with Gasteiger partial charge in [-0.2, -0.15) is 0 Å². The third-order valence-corrected chi connectivity index (χ3v) is 3.20. The number of nitrogens with zero attached hydrogens (tertiary/aromatic N) is 2. The summed E-state index contributed by atoms with van der Waals surface area (Å²) in [5, 5.41) is 4.38. The third-order valence-electron chi connectivity index (χ3n) is 3.20. The zero-order chi connectivity index (χ0) is 13.9. The lowest BCUT2D eigenvalue weighted by molar-refractivity contribution is 0.616. The zero-order valence-electron chi connectivity index (χ0n) is 11.0. The summed E-state index contributed by atoms with van der Waals surface area (Å²) in [5.74, 6) is -0.326. The summed E-state index contributed by atoms with van der Waals surface area (Å²) in [6.07, 6.45) is 4.65. The van der Waals surface area contributed by atoms with Crippen molar-refractivity contribution in [3.8, 4) is 0 Å². The van der Waals surface area contributed by atoms with E-state index in [1.165, 1.54) is 12.3 Å². The molecule has 1 N–H and O–H groups in total. The molecule has 2 heterocycles. The molecule has 0 aliphatic rings. The van der Waals surface area contributed by atoms with Crippen molar-refractivity contribution in [2.75, 3.05) is 5.32 Å². The Morgan fingerprint density at radius 2 is 1.95 bits per heavy atom. The maximum Gasteiger partial charge on any atom is 0.141 e. The van der Waals surface area contributed by atoms with Crippen LogP contribution in [0.2, 0.25) is 0 Å². The number of fused-ring (bicyclic) bond motifs is 1. The van der Waals surface area contributed by atoms with Crippen molar-refractivity contribution in [1.82, 2.24) is 9.97 Å². The van der Waals surface area contributed by atoms with Gasteiger partial charge in [0.1, 0.15) is 5.82 Å². The van der Waals surface area contributed by atoms with Gasteiger partial charge in [-0.3, -0.25) is 9.97 Å². The number of pyridine rings is 2. The van der Waals surface area contributed by atoms with Crippen molar-refractivity contribution in [2.24, 2.45) is 0 Å². The molecule has 100 valence electrons. The van der Waals surface area contributed by atoms with Crippen molar-refractivity contribution < 1.29 is 4.39 Å². The normalized spacial score (nSPS) is 12.3. The second-order valence-electron chi connectivity index (χ2n) is 4.72. The van der Waals surface area contributed by atoms with Gasteiger partial charge in [-0.1, -0.05) is 18.2 Å². The Morgan fingerprint density at radius 3 is 2.80 bits per heavy atom. The minimum atomic E-state index is -0.326. The molecular formula is C16H14FN3. The van der Waals surface area contributed by atoms with Gasteiger partial charge in [0.15, 0.2) is 0 Å². The largest absolute Gasteiger partial charge is 0.377 e. The molecule has 0 aliphatic carbocycles. The van der Waals surface area contributed by atoms with Crippen LogP contribution in [0.3, 0.4) is 0 Å². The smallest absolute Gasteiger partial charge is 0.141 e. The number of benzene rings is 1. The molecule has 4 heteroatoms. The minimum absolute atomic E-state index is 0.0406. The molecule has 3 nitrogen and oxygen atoms in total. The maximum atomic E-state index is 13.2. The fraction of sp³-hybridized carbons (Fsp3) is 0.125. The van der Waals surface area contributed by atoms with Crippen LogP contribution >= 0.6 is 0 Å². The Balaban J connectivity index is 1.85. The van der Waals surface area contributed by atoms with Gasteiger partial charge in [0.2, 0.25) is 0 Å². The molecule has 3 aromatic rings. The van der Waals surface area contributed by atoms with E-state index in [2.05, 4.69) is 15.3 Å². The van der Waals surface area contributed by atoms with E-state index >= 15 is 0 Å². The van der Waals surface area contributed by atoms with Crippen LogP contribution < -0.4 is 5.32 Å². The first-order valence-electron chi connectivity index (χ1n) is 6.44. The van der Waals surface area contributed by atoms with Crippen LogP contribution in [0.1, 0.15) is 18.5 Å². The molecule has 0 amide bonds. The number of halogens is 1. The predicted molar refractivity (Wildman–Crippen MR) is 78.0 cm³/mol. The zero-order valence-corrected chi connectivity index (χ0v) is 11.0. The van der Waals surface area contributed by atoms with Gasteiger partial charge < -0.3 is 5.32 Å². The molecule has 0 fully saturated rings. The second kappa shape index (κ2) is 5.25. The van der Waals surface area contributed by atoms with E-state index in [0.717, 1.165) is 22.2 Å². The summed E-state index contributed by atoms with van der Waals surface area (Å²) < 4.78 is 13.2. The first kappa shape index (κ1) is 12.5. The number of nitrogens with one attached hydrogen (secondary N) is 1. The summed E-state index contributed by atoms with van der Waals surface area (Å²) >= 11 is 0. The van der Waals surface area contributed by atoms with Crippen LogP contribution in [0.5, 0.6) is 0 Å². The Morgan fingerprint density at radius 1 is 1.10 bits per heavy atom. The van der Waals surface area contributed by atoms with Gasteiger partial charge in [-0.15, -0.1) is 0 Å². The SMILES string of the molecule is CC(Nc1cnc2ccccc2c1)c1cncc(F)c1. The Hall–Kier alpha value is -2.49. The predicted octanol–water partition coefficient (Wildman–Crippen LogP) is 3.94. The van der Waals surface area contributed by atoms with Crippen molar-refractivity contribution in [3.63, 3.8) is 0 Å². The topological polar surface area (TPSA) is 37.8 Å². The van der Waals surface area contributed by atoms with Gasteiger partial charge >= 0.3 is 0 Å². The second-order valence-corrected chi connectivity index (χ2v) is 4.72. The van der Waals surface area contributed by atoms with E-state index in [-0.39, 0.29) is 11.9 Å². The molecule has 20 heavy (non-hydrogen) atoms. The molecule has 3 rings (SSSR count). The number of hydrogen-bond donors (Lipinski definition) is 1. The maximum absolute atomic E-state index is 13.2. The van der Waals surface area contributed by atoms with Crippen LogP contribution in [-0.4, -0.2) is 9.97 Å². The summed E-state index contributed by atoms with van der Waals surface area (Å²) in [6.45, 7) is 1.96. The van der Waals surface area contributed by atoms with Gasteiger partial charge in [0.05, 0.1) is 29.6 Å². The van der Waals surface area contributed by atoms with E-state index in [0.29, 0.717) is 0 Å². The minimum Gasteiger partial charge on any atom is -0.377 e. The van der Waals surface area contributed by atoms with E-state index in [1.807, 2.05) is 37.3 Å². The van der Waals surface area contributed by atoms with Crippen LogP contribution in [0.4, 0.5) is 10.1 Å². The molecule has 0 spiro atoms. The standard InChI is InChI=1S/C16H14FN3/c1-11(13-6-14(17)9-18-8-13)20-15-7-12-4-2-3-5-16(12)19-10-15/h2-11,20H,1H3. The Labute approximate surface area is 116 Å². The lowest BCUT2D eigenvalue weighted by Gasteiger charge is -2.15. The van der Waals surface area contributed by atoms with Gasteiger partial charge in [0, 0.05) is 11.6 Å². The molecule has 1 atom stereocenters. The molecule has 1 unspecified atom stereocenters. The first-order valence-corrected chi connectivity index (χ1v) is 6.44. The highest BCUT2D eigenvalue weighted by molar-refractivity contribution is 5.81. The summed E-state index contributed by atoms with van der Waals surface area (Å²) in [6, 6.07) is 11.4. The fourth-order valence-corrected chi connectivity index (χ4v) is 2.15. The van der Waals surface area contributed by atoms with Crippen molar-refractivity contribution in [2.45, 2.75) is 13.0 Å². The average Bonchev–Trinajstić information content (AvgIpc) is 2.47. The lowest BCUT2D eigenvalue weighted by atomic mass is 10.1. The van der Waals surface area contributed by atoms with E-state index < -0.39 is 0 Å². The molecule has 0 aliphatic heterocycles. The molecule has 1 aromatic carbocycles. The van der Waals surface area contributed by atoms with Crippen molar-refractivity contribution >= 4 is 16.6 Å². The number of rotatable bonds is 3. The third kappa shape index (κ3) is 2.59. The van der Waals surface area contributed by atoms with Gasteiger partial charge in [-0.05, 0) is 30.7 Å². The molecule has 0 bridgehead atoms. The van der Waals surface area contributed by atoms with Crippen molar-refractivity contribution in [1.29, 1.82) is 0 Å². The summed E-state index contributed by atoms with van der Waals surface area (Å²) in [4.78, 5) is 8.26. The van der Waals surface area contributed by atoms with E-state index in [9.17, 15) is 4.39 Å². The first-order chi connectivity index (χ1) is 9.72. The van der Waals surface area contributed by atoms with Crippen LogP contribution in [-0.2, 0) is 0 Å². The highest BCUT2D eigenvalue weighted by Gasteiger charge is 2.07. The summed E-state index contributed by atoms with van der Waals surface area (Å²) in [7, 11) is 0. The van der Waals surface area contributed by atoms with Crippen LogP contribution in [0, 0.1) is 5.82 Å². The van der Waals surface area contributed by atoms with E-state index in [1.54, 1.807) is 12.4 Å². The monoisotopic (exact) mass is 267 g/mol. The highest BCUT2D eigenvalue weighted by atomic mass is 19.1. The quantitative estimate of drug-likeness (QED) is 0.781. The Bertz CT molecular complexity index is 742. The summed E-state index contributed by atoms with van der Waals surface area (Å²) in [5.41, 5.74) is 2.66. The molecule has 0 saturated heterocycles. The average molecular weight is 267 g/mol. The van der Waals surface area contributed by atoms with Gasteiger partial charge in [0.25, 0.3) is 0 Å². The number of para-hydroxylation sites is 1. The molecule has 2 aromatic heterocycles.